The van der Waals surface area contributed by atoms with Gasteiger partial charge < -0.3 is 9.52 Å². The number of halogens is 1. The van der Waals surface area contributed by atoms with Crippen LogP contribution in [-0.4, -0.2) is 16.1 Å². The van der Waals surface area contributed by atoms with Crippen molar-refractivity contribution >= 4 is 32.8 Å². The van der Waals surface area contributed by atoms with Crippen LogP contribution in [0.3, 0.4) is 0 Å². The molecule has 0 aliphatic heterocycles. The van der Waals surface area contributed by atoms with E-state index in [1.165, 1.54) is 6.07 Å². The second kappa shape index (κ2) is 3.60. The van der Waals surface area contributed by atoms with Crippen molar-refractivity contribution in [2.24, 2.45) is 0 Å². The van der Waals surface area contributed by atoms with Gasteiger partial charge >= 0.3 is 17.4 Å². The standard InChI is InChI=1S/C9H4BrNO5/c10-5-2-3(7(12)13)1-4-6(5)11-9(15)16-8(4)14/h1-2H,(H,11,15)(H,12,13). The molecule has 0 saturated carbocycles. The molecule has 0 fully saturated rings. The summed E-state index contributed by atoms with van der Waals surface area (Å²) in [4.78, 5) is 35.3. The average Bonchev–Trinajstić information content (AvgIpc) is 2.19. The summed E-state index contributed by atoms with van der Waals surface area (Å²) in [6.07, 6.45) is 0. The van der Waals surface area contributed by atoms with Gasteiger partial charge in [-0.2, -0.15) is 0 Å². The summed E-state index contributed by atoms with van der Waals surface area (Å²) >= 11 is 3.07. The second-order valence-electron chi connectivity index (χ2n) is 2.99. The lowest BCUT2D eigenvalue weighted by Gasteiger charge is -2.00. The van der Waals surface area contributed by atoms with Gasteiger partial charge in [-0.05, 0) is 28.1 Å². The summed E-state index contributed by atoms with van der Waals surface area (Å²) in [5.74, 6) is -2.06. The van der Waals surface area contributed by atoms with Gasteiger partial charge in [0.25, 0.3) is 0 Å². The van der Waals surface area contributed by atoms with Crippen LogP contribution in [0.2, 0.25) is 0 Å². The minimum absolute atomic E-state index is 0.00590. The minimum atomic E-state index is -1.17. The summed E-state index contributed by atoms with van der Waals surface area (Å²) in [6.45, 7) is 0. The van der Waals surface area contributed by atoms with Crippen LogP contribution in [0.1, 0.15) is 10.4 Å². The molecule has 0 atom stereocenters. The van der Waals surface area contributed by atoms with Crippen LogP contribution < -0.4 is 11.4 Å². The number of carboxylic acid groups (broad SMARTS) is 1. The monoisotopic (exact) mass is 285 g/mol. The van der Waals surface area contributed by atoms with Crippen molar-refractivity contribution in [3.63, 3.8) is 0 Å². The highest BCUT2D eigenvalue weighted by atomic mass is 79.9. The number of carboxylic acids is 1. The number of aromatic amines is 1. The second-order valence-corrected chi connectivity index (χ2v) is 3.84. The summed E-state index contributed by atoms with van der Waals surface area (Å²) in [7, 11) is 0. The largest absolute Gasteiger partial charge is 0.478 e. The molecule has 2 N–H and O–H groups in total. The lowest BCUT2D eigenvalue weighted by atomic mass is 10.1. The quantitative estimate of drug-likeness (QED) is 0.812. The Morgan fingerprint density at radius 1 is 1.38 bits per heavy atom. The van der Waals surface area contributed by atoms with E-state index in [-0.39, 0.29) is 16.5 Å². The van der Waals surface area contributed by atoms with Crippen molar-refractivity contribution in [1.82, 2.24) is 4.98 Å². The van der Waals surface area contributed by atoms with Crippen molar-refractivity contribution in [1.29, 1.82) is 0 Å². The van der Waals surface area contributed by atoms with Crippen LogP contribution in [0.5, 0.6) is 0 Å². The smallest absolute Gasteiger partial charge is 0.419 e. The van der Waals surface area contributed by atoms with Crippen molar-refractivity contribution in [2.45, 2.75) is 0 Å². The number of rotatable bonds is 1. The number of aromatic nitrogens is 1. The Bertz CT molecular complexity index is 699. The number of H-pyrrole nitrogens is 1. The number of carbonyl (C=O) groups is 1. The van der Waals surface area contributed by atoms with E-state index in [1.54, 1.807) is 0 Å². The first-order chi connectivity index (χ1) is 7.49. The first-order valence-electron chi connectivity index (χ1n) is 4.09. The number of benzene rings is 1. The summed E-state index contributed by atoms with van der Waals surface area (Å²) in [6, 6.07) is 2.43. The molecule has 6 nitrogen and oxygen atoms in total. The molecule has 1 aromatic carbocycles. The van der Waals surface area contributed by atoms with Crippen LogP contribution >= 0.6 is 15.9 Å². The van der Waals surface area contributed by atoms with E-state index in [0.717, 1.165) is 6.07 Å². The molecule has 7 heteroatoms. The third-order valence-corrected chi connectivity index (χ3v) is 2.59. The zero-order chi connectivity index (χ0) is 11.9. The number of hydrogen-bond acceptors (Lipinski definition) is 4. The molecule has 1 aromatic heterocycles. The zero-order valence-corrected chi connectivity index (χ0v) is 9.20. The number of nitrogens with one attached hydrogen (secondary N) is 1. The van der Waals surface area contributed by atoms with Crippen molar-refractivity contribution in [2.75, 3.05) is 0 Å². The SMILES string of the molecule is O=C(O)c1cc(Br)c2[nH]c(=O)oc(=O)c2c1. The Hall–Kier alpha value is -1.89. The van der Waals surface area contributed by atoms with E-state index in [4.69, 9.17) is 5.11 Å². The molecule has 2 rings (SSSR count). The van der Waals surface area contributed by atoms with Gasteiger partial charge in [0, 0.05) is 4.47 Å². The molecule has 1 heterocycles. The molecule has 0 saturated heterocycles. The predicted molar refractivity (Wildman–Crippen MR) is 57.8 cm³/mol. The molecular weight excluding hydrogens is 282 g/mol. The van der Waals surface area contributed by atoms with Gasteiger partial charge in [0.2, 0.25) is 0 Å². The normalized spacial score (nSPS) is 10.6. The fourth-order valence-electron chi connectivity index (χ4n) is 1.28. The van der Waals surface area contributed by atoms with Crippen LogP contribution in [0.15, 0.2) is 30.6 Å². The van der Waals surface area contributed by atoms with Gasteiger partial charge in [-0.3, -0.25) is 4.98 Å². The van der Waals surface area contributed by atoms with Crippen molar-refractivity contribution in [3.05, 3.63) is 43.1 Å². The molecular formula is C9H4BrNO5. The molecule has 0 amide bonds. The van der Waals surface area contributed by atoms with Crippen LogP contribution in [0.25, 0.3) is 10.9 Å². The summed E-state index contributed by atoms with van der Waals surface area (Å²) < 4.78 is 4.61. The van der Waals surface area contributed by atoms with E-state index in [0.29, 0.717) is 4.47 Å². The predicted octanol–water partition coefficient (Wildman–Crippen LogP) is 0.942. The molecule has 0 aliphatic rings. The summed E-state index contributed by atoms with van der Waals surface area (Å²) in [5, 5.41) is 8.79. The number of aromatic carboxylic acids is 1. The minimum Gasteiger partial charge on any atom is -0.478 e. The van der Waals surface area contributed by atoms with E-state index < -0.39 is 17.4 Å². The van der Waals surface area contributed by atoms with Gasteiger partial charge in [-0.25, -0.2) is 14.4 Å². The van der Waals surface area contributed by atoms with Crippen LogP contribution in [0.4, 0.5) is 0 Å². The van der Waals surface area contributed by atoms with Gasteiger partial charge in [0.05, 0.1) is 16.5 Å². The highest BCUT2D eigenvalue weighted by Crippen LogP contribution is 2.21. The average molecular weight is 286 g/mol. The molecule has 0 unspecified atom stereocenters. The first-order valence-corrected chi connectivity index (χ1v) is 4.88. The third-order valence-electron chi connectivity index (χ3n) is 1.97. The maximum absolute atomic E-state index is 11.3. The molecule has 0 bridgehead atoms. The Balaban J connectivity index is 2.98. The lowest BCUT2D eigenvalue weighted by molar-refractivity contribution is 0.0697. The van der Waals surface area contributed by atoms with Crippen LogP contribution in [0, 0.1) is 0 Å². The molecule has 2 aromatic rings. The fraction of sp³-hybridized carbons (Fsp3) is 0. The van der Waals surface area contributed by atoms with Crippen molar-refractivity contribution in [3.8, 4) is 0 Å². The first kappa shape index (κ1) is 10.6. The van der Waals surface area contributed by atoms with Gasteiger partial charge in [-0.15, -0.1) is 0 Å². The Morgan fingerprint density at radius 2 is 2.06 bits per heavy atom. The Labute approximate surface area is 95.6 Å². The van der Waals surface area contributed by atoms with Crippen LogP contribution in [-0.2, 0) is 0 Å². The molecule has 82 valence electrons. The highest BCUT2D eigenvalue weighted by molar-refractivity contribution is 9.10. The number of hydrogen-bond donors (Lipinski definition) is 2. The van der Waals surface area contributed by atoms with Gasteiger partial charge in [-0.1, -0.05) is 0 Å². The maximum Gasteiger partial charge on any atom is 0.419 e. The molecule has 0 spiro atoms. The molecule has 0 aliphatic carbocycles. The van der Waals surface area contributed by atoms with Gasteiger partial charge in [0.1, 0.15) is 0 Å². The Morgan fingerprint density at radius 3 is 2.69 bits per heavy atom. The summed E-state index contributed by atoms with van der Waals surface area (Å²) in [5.41, 5.74) is -0.729. The van der Waals surface area contributed by atoms with E-state index in [1.807, 2.05) is 0 Å². The molecule has 16 heavy (non-hydrogen) atoms. The van der Waals surface area contributed by atoms with E-state index in [2.05, 4.69) is 25.3 Å². The zero-order valence-electron chi connectivity index (χ0n) is 7.61. The number of fused-ring (bicyclic) bond motifs is 1. The van der Waals surface area contributed by atoms with Gasteiger partial charge in [0.15, 0.2) is 0 Å². The van der Waals surface area contributed by atoms with Crippen molar-refractivity contribution < 1.29 is 14.3 Å². The maximum atomic E-state index is 11.3. The van der Waals surface area contributed by atoms with E-state index >= 15 is 0 Å². The fourth-order valence-corrected chi connectivity index (χ4v) is 1.84. The lowest BCUT2D eigenvalue weighted by Crippen LogP contribution is -2.15. The Kier molecular flexibility index (Phi) is 2.39. The molecule has 0 radical (unpaired) electrons. The third kappa shape index (κ3) is 1.65. The van der Waals surface area contributed by atoms with E-state index in [9.17, 15) is 14.4 Å². The topological polar surface area (TPSA) is 100 Å². The highest BCUT2D eigenvalue weighted by Gasteiger charge is 2.11.